The van der Waals surface area contributed by atoms with E-state index in [2.05, 4.69) is 22.9 Å². The van der Waals surface area contributed by atoms with Gasteiger partial charge in [-0.3, -0.25) is 0 Å². The molecule has 2 atom stereocenters. The Morgan fingerprint density at radius 1 is 1.55 bits per heavy atom. The summed E-state index contributed by atoms with van der Waals surface area (Å²) in [5, 5.41) is 8.57. The van der Waals surface area contributed by atoms with Gasteiger partial charge in [-0.15, -0.1) is 5.10 Å². The number of hydrogen-bond acceptors (Lipinski definition) is 5. The van der Waals surface area contributed by atoms with E-state index in [0.717, 1.165) is 18.5 Å². The summed E-state index contributed by atoms with van der Waals surface area (Å²) in [4.78, 5) is 13.4. The fourth-order valence-electron chi connectivity index (χ4n) is 1.97. The topological polar surface area (TPSA) is 60.2 Å². The maximum Gasteiger partial charge on any atom is 0.410 e. The smallest absolute Gasteiger partial charge is 0.410 e. The molecule has 1 aliphatic rings. The summed E-state index contributed by atoms with van der Waals surface area (Å²) in [7, 11) is 1.69. The van der Waals surface area contributed by atoms with Gasteiger partial charge in [0.2, 0.25) is 0 Å². The zero-order valence-corrected chi connectivity index (χ0v) is 13.3. The lowest BCUT2D eigenvalue weighted by atomic mass is 9.92. The highest BCUT2D eigenvalue weighted by Crippen LogP contribution is 2.35. The summed E-state index contributed by atoms with van der Waals surface area (Å²) in [6, 6.07) is 0.325. The van der Waals surface area contributed by atoms with Crippen molar-refractivity contribution in [2.24, 2.45) is 0 Å². The van der Waals surface area contributed by atoms with Crippen LogP contribution in [0.5, 0.6) is 0 Å². The molecular weight excluding hydrogens is 276 g/mol. The van der Waals surface area contributed by atoms with Crippen LogP contribution in [-0.4, -0.2) is 43.9 Å². The van der Waals surface area contributed by atoms with Crippen LogP contribution >= 0.6 is 12.6 Å². The predicted molar refractivity (Wildman–Crippen MR) is 78.8 cm³/mol. The highest BCUT2D eigenvalue weighted by molar-refractivity contribution is 7.81. The Bertz CT molecular complexity index is 483. The summed E-state index contributed by atoms with van der Waals surface area (Å²) < 4.78 is 7.14. The van der Waals surface area contributed by atoms with Crippen LogP contribution in [0.2, 0.25) is 0 Å². The number of carbonyl (C=O) groups is 1. The van der Waals surface area contributed by atoms with Crippen molar-refractivity contribution in [1.29, 1.82) is 0 Å². The van der Waals surface area contributed by atoms with Gasteiger partial charge in [0.25, 0.3) is 0 Å². The van der Waals surface area contributed by atoms with Gasteiger partial charge in [-0.25, -0.2) is 9.48 Å². The Kier molecular flexibility index (Phi) is 4.27. The molecular formula is C13H22N4O2S. The standard InChI is InChI=1S/C13H22N4O2S/c1-13(2,3)19-12(18)16(4)7-9-8-17(15-14-9)10-5-6-11(10)20/h8,10-11,20H,5-7H2,1-4H3. The van der Waals surface area contributed by atoms with E-state index in [4.69, 9.17) is 4.74 Å². The first-order valence-corrected chi connectivity index (χ1v) is 7.31. The van der Waals surface area contributed by atoms with Crippen molar-refractivity contribution in [3.05, 3.63) is 11.9 Å². The second-order valence-electron chi connectivity index (χ2n) is 6.24. The molecule has 6 nitrogen and oxygen atoms in total. The second-order valence-corrected chi connectivity index (χ2v) is 6.90. The van der Waals surface area contributed by atoms with E-state index in [1.807, 2.05) is 31.6 Å². The summed E-state index contributed by atoms with van der Waals surface area (Å²) in [6.07, 6.45) is 3.72. The Balaban J connectivity index is 1.91. The quantitative estimate of drug-likeness (QED) is 0.870. The summed E-state index contributed by atoms with van der Waals surface area (Å²) >= 11 is 4.48. The van der Waals surface area contributed by atoms with E-state index in [-0.39, 0.29) is 6.09 Å². The first kappa shape index (κ1) is 15.2. The molecule has 0 aromatic carbocycles. The fraction of sp³-hybridized carbons (Fsp3) is 0.769. The molecule has 112 valence electrons. The average molecular weight is 298 g/mol. The number of thiol groups is 1. The molecule has 1 aromatic rings. The molecule has 2 rings (SSSR count). The van der Waals surface area contributed by atoms with Gasteiger partial charge >= 0.3 is 6.09 Å². The molecule has 1 fully saturated rings. The predicted octanol–water partition coefficient (Wildman–Crippen LogP) is 2.28. The number of amides is 1. The monoisotopic (exact) mass is 298 g/mol. The highest BCUT2D eigenvalue weighted by atomic mass is 32.1. The maximum atomic E-state index is 11.9. The van der Waals surface area contributed by atoms with Gasteiger partial charge in [0.05, 0.1) is 18.8 Å². The van der Waals surface area contributed by atoms with Crippen LogP contribution < -0.4 is 0 Å². The zero-order chi connectivity index (χ0) is 14.9. The van der Waals surface area contributed by atoms with Crippen molar-refractivity contribution >= 4 is 18.7 Å². The molecule has 1 aromatic heterocycles. The van der Waals surface area contributed by atoms with Crippen molar-refractivity contribution in [1.82, 2.24) is 19.9 Å². The third-order valence-corrected chi connectivity index (χ3v) is 3.81. The molecule has 2 unspecified atom stereocenters. The van der Waals surface area contributed by atoms with Gasteiger partial charge < -0.3 is 9.64 Å². The van der Waals surface area contributed by atoms with E-state index in [1.165, 1.54) is 4.90 Å². The molecule has 7 heteroatoms. The van der Waals surface area contributed by atoms with E-state index < -0.39 is 5.60 Å². The minimum atomic E-state index is -0.492. The molecule has 0 N–H and O–H groups in total. The molecule has 0 saturated heterocycles. The van der Waals surface area contributed by atoms with Gasteiger partial charge in [0.1, 0.15) is 11.3 Å². The van der Waals surface area contributed by atoms with Gasteiger partial charge in [0, 0.05) is 12.3 Å². The van der Waals surface area contributed by atoms with Crippen molar-refractivity contribution < 1.29 is 9.53 Å². The van der Waals surface area contributed by atoms with Gasteiger partial charge in [-0.1, -0.05) is 5.21 Å². The highest BCUT2D eigenvalue weighted by Gasteiger charge is 2.30. The third kappa shape index (κ3) is 3.65. The van der Waals surface area contributed by atoms with Crippen molar-refractivity contribution in [2.45, 2.75) is 57.1 Å². The number of aromatic nitrogens is 3. The Morgan fingerprint density at radius 2 is 2.25 bits per heavy atom. The minimum absolute atomic E-state index is 0.325. The first-order valence-electron chi connectivity index (χ1n) is 6.79. The molecule has 1 saturated carbocycles. The van der Waals surface area contributed by atoms with Crippen molar-refractivity contribution in [3.8, 4) is 0 Å². The van der Waals surface area contributed by atoms with Gasteiger partial charge in [0.15, 0.2) is 0 Å². The van der Waals surface area contributed by atoms with Crippen LogP contribution in [0.25, 0.3) is 0 Å². The van der Waals surface area contributed by atoms with Crippen molar-refractivity contribution in [2.75, 3.05) is 7.05 Å². The van der Waals surface area contributed by atoms with Crippen LogP contribution in [0.3, 0.4) is 0 Å². The summed E-state index contributed by atoms with van der Waals surface area (Å²) in [5.41, 5.74) is 0.263. The molecule has 1 amide bonds. The maximum absolute atomic E-state index is 11.9. The molecule has 0 spiro atoms. The number of carbonyl (C=O) groups excluding carboxylic acids is 1. The summed E-state index contributed by atoms with van der Waals surface area (Å²) in [5.74, 6) is 0. The Morgan fingerprint density at radius 3 is 2.75 bits per heavy atom. The lowest BCUT2D eigenvalue weighted by molar-refractivity contribution is 0.0283. The van der Waals surface area contributed by atoms with E-state index >= 15 is 0 Å². The molecule has 1 heterocycles. The van der Waals surface area contributed by atoms with Crippen LogP contribution in [0.4, 0.5) is 4.79 Å². The van der Waals surface area contributed by atoms with Gasteiger partial charge in [-0.2, -0.15) is 12.6 Å². The van der Waals surface area contributed by atoms with E-state index in [9.17, 15) is 4.79 Å². The third-order valence-electron chi connectivity index (χ3n) is 3.20. The number of nitrogens with zero attached hydrogens (tertiary/aromatic N) is 4. The fourth-order valence-corrected chi connectivity index (χ4v) is 2.40. The second kappa shape index (κ2) is 5.63. The molecule has 0 aliphatic heterocycles. The molecule has 1 aliphatic carbocycles. The Labute approximate surface area is 124 Å². The number of ether oxygens (including phenoxy) is 1. The van der Waals surface area contributed by atoms with Crippen LogP contribution in [0.15, 0.2) is 6.20 Å². The lowest BCUT2D eigenvalue weighted by Gasteiger charge is -2.32. The molecule has 20 heavy (non-hydrogen) atoms. The zero-order valence-electron chi connectivity index (χ0n) is 12.4. The Hall–Kier alpha value is -1.24. The van der Waals surface area contributed by atoms with E-state index in [1.54, 1.807) is 7.05 Å². The van der Waals surface area contributed by atoms with Crippen molar-refractivity contribution in [3.63, 3.8) is 0 Å². The average Bonchev–Trinajstić information content (AvgIpc) is 2.72. The number of hydrogen-bond donors (Lipinski definition) is 1. The molecule has 0 radical (unpaired) electrons. The van der Waals surface area contributed by atoms with Gasteiger partial charge in [-0.05, 0) is 33.6 Å². The SMILES string of the molecule is CN(Cc1cn(C2CCC2S)nn1)C(=O)OC(C)(C)C. The lowest BCUT2D eigenvalue weighted by Crippen LogP contribution is -2.34. The van der Waals surface area contributed by atoms with Crippen LogP contribution in [0.1, 0.15) is 45.3 Å². The van der Waals surface area contributed by atoms with Crippen LogP contribution in [0, 0.1) is 0 Å². The first-order chi connectivity index (χ1) is 9.26. The van der Waals surface area contributed by atoms with Crippen LogP contribution in [-0.2, 0) is 11.3 Å². The molecule has 0 bridgehead atoms. The largest absolute Gasteiger partial charge is 0.444 e. The minimum Gasteiger partial charge on any atom is -0.444 e. The summed E-state index contributed by atoms with van der Waals surface area (Å²) in [6.45, 7) is 5.92. The van der Waals surface area contributed by atoms with E-state index in [0.29, 0.717) is 17.8 Å². The number of rotatable bonds is 3. The normalized spacial score (nSPS) is 22.2.